The van der Waals surface area contributed by atoms with Crippen LogP contribution in [0.3, 0.4) is 0 Å². The fraction of sp³-hybridized carbons (Fsp3) is 0.281. The molecular formula is C32H26F8N2O2S. The van der Waals surface area contributed by atoms with Gasteiger partial charge in [-0.15, -0.1) is 13.2 Å². The highest BCUT2D eigenvalue weighted by molar-refractivity contribution is 8.00. The van der Waals surface area contributed by atoms with Gasteiger partial charge < -0.3 is 10.5 Å². The normalized spacial score (nSPS) is 16.8. The Morgan fingerprint density at radius 2 is 1.58 bits per heavy atom. The minimum atomic E-state index is -5.25. The molecular weight excluding hydrogens is 628 g/mol. The summed E-state index contributed by atoms with van der Waals surface area (Å²) in [6, 6.07) is 12.4. The average molecular weight is 655 g/mol. The summed E-state index contributed by atoms with van der Waals surface area (Å²) in [5.41, 5.74) is 3.65. The molecule has 5 rings (SSSR count). The molecule has 1 aliphatic heterocycles. The van der Waals surface area contributed by atoms with Gasteiger partial charge >= 0.3 is 12.5 Å². The number of hydrogen-bond donors (Lipinski definition) is 1. The molecule has 4 aromatic rings. The second kappa shape index (κ2) is 11.5. The predicted octanol–water partition coefficient (Wildman–Crippen LogP) is 8.74. The SMILES string of the molecule is Cc1c(Cc2c(F)cccc2C(F)(F)F)c2n(c(=O)c1-c1cccc(OC(F)(F)F)c1F)C(C(N)c1ccccc1)C(C)(C)S2. The van der Waals surface area contributed by atoms with Crippen molar-refractivity contribution in [1.29, 1.82) is 0 Å². The van der Waals surface area contributed by atoms with Crippen LogP contribution in [0.1, 0.15) is 53.7 Å². The van der Waals surface area contributed by atoms with E-state index in [1.807, 2.05) is 0 Å². The van der Waals surface area contributed by atoms with Crippen molar-refractivity contribution in [2.75, 3.05) is 0 Å². The van der Waals surface area contributed by atoms with Gasteiger partial charge in [0.05, 0.1) is 28.2 Å². The first-order valence-corrected chi connectivity index (χ1v) is 14.4. The number of aromatic nitrogens is 1. The van der Waals surface area contributed by atoms with E-state index < -0.39 is 81.0 Å². The molecule has 13 heteroatoms. The number of rotatable bonds is 6. The maximum Gasteiger partial charge on any atom is 0.573 e. The Bertz CT molecular complexity index is 1820. The van der Waals surface area contributed by atoms with E-state index in [2.05, 4.69) is 4.74 Å². The molecule has 2 atom stereocenters. The summed E-state index contributed by atoms with van der Waals surface area (Å²) in [7, 11) is 0. The number of ether oxygens (including phenoxy) is 1. The van der Waals surface area contributed by atoms with Crippen LogP contribution < -0.4 is 16.0 Å². The van der Waals surface area contributed by atoms with Gasteiger partial charge in [0.2, 0.25) is 0 Å². The van der Waals surface area contributed by atoms with Gasteiger partial charge in [-0.1, -0.05) is 60.3 Å². The number of fused-ring (bicyclic) bond motifs is 1. The van der Waals surface area contributed by atoms with Gasteiger partial charge in [0.1, 0.15) is 5.82 Å². The minimum Gasteiger partial charge on any atom is -0.403 e. The van der Waals surface area contributed by atoms with Gasteiger partial charge in [-0.25, -0.2) is 8.78 Å². The Kier molecular flexibility index (Phi) is 8.32. The molecule has 1 aliphatic rings. The first kappa shape index (κ1) is 32.6. The zero-order valence-corrected chi connectivity index (χ0v) is 24.8. The lowest BCUT2D eigenvalue weighted by atomic mass is 9.88. The number of pyridine rings is 1. The Morgan fingerprint density at radius 1 is 0.933 bits per heavy atom. The molecule has 0 aliphatic carbocycles. The Hall–Kier alpha value is -3.84. The molecule has 3 aromatic carbocycles. The van der Waals surface area contributed by atoms with Crippen LogP contribution >= 0.6 is 11.8 Å². The Labute approximate surface area is 256 Å². The number of nitrogens with two attached hydrogens (primary N) is 1. The minimum absolute atomic E-state index is 0.0251. The van der Waals surface area contributed by atoms with Crippen molar-refractivity contribution in [3.8, 4) is 16.9 Å². The van der Waals surface area contributed by atoms with Crippen molar-refractivity contribution >= 4 is 11.8 Å². The van der Waals surface area contributed by atoms with Crippen LogP contribution in [0, 0.1) is 18.6 Å². The number of hydrogen-bond acceptors (Lipinski definition) is 4. The molecule has 0 spiro atoms. The topological polar surface area (TPSA) is 57.2 Å². The van der Waals surface area contributed by atoms with Crippen LogP contribution in [-0.2, 0) is 12.6 Å². The van der Waals surface area contributed by atoms with Gasteiger partial charge in [0.15, 0.2) is 11.6 Å². The van der Waals surface area contributed by atoms with Crippen LogP contribution in [-0.4, -0.2) is 15.7 Å². The zero-order valence-electron chi connectivity index (χ0n) is 24.0. The highest BCUT2D eigenvalue weighted by Gasteiger charge is 2.47. The van der Waals surface area contributed by atoms with Gasteiger partial charge in [0.25, 0.3) is 5.56 Å². The fourth-order valence-electron chi connectivity index (χ4n) is 5.88. The van der Waals surface area contributed by atoms with Crippen molar-refractivity contribution in [2.45, 2.75) is 61.6 Å². The molecule has 0 radical (unpaired) electrons. The third-order valence-electron chi connectivity index (χ3n) is 7.85. The summed E-state index contributed by atoms with van der Waals surface area (Å²) in [5.74, 6) is -3.86. The number of thioether (sulfide) groups is 1. The summed E-state index contributed by atoms with van der Waals surface area (Å²) in [6.45, 7) is 4.90. The molecule has 0 amide bonds. The van der Waals surface area contributed by atoms with Gasteiger partial charge in [0, 0.05) is 22.3 Å². The van der Waals surface area contributed by atoms with E-state index >= 15 is 8.78 Å². The lowest BCUT2D eigenvalue weighted by Gasteiger charge is -2.32. The van der Waals surface area contributed by atoms with E-state index in [0.717, 1.165) is 48.2 Å². The summed E-state index contributed by atoms with van der Waals surface area (Å²) in [5, 5.41) is 0.196. The van der Waals surface area contributed by atoms with Crippen LogP contribution in [0.25, 0.3) is 11.1 Å². The number of benzene rings is 3. The van der Waals surface area contributed by atoms with Crippen LogP contribution in [0.15, 0.2) is 76.6 Å². The van der Waals surface area contributed by atoms with Crippen molar-refractivity contribution in [1.82, 2.24) is 4.57 Å². The van der Waals surface area contributed by atoms with Crippen molar-refractivity contribution in [3.05, 3.63) is 117 Å². The zero-order chi connectivity index (χ0) is 33.1. The third kappa shape index (κ3) is 6.07. The highest BCUT2D eigenvalue weighted by atomic mass is 32.2. The standard InChI is InChI=1S/C32H26F8N2O2S/c1-16-19(15-20-21(31(35,36)37)12-8-13-22(20)33)29-42(27(30(2,3)45-29)26(41)17-9-5-4-6-10-17)28(43)24(16)18-11-7-14-23(25(18)34)44-32(38,39)40/h4-14,26-27H,15,41H2,1-3H3. The molecule has 45 heavy (non-hydrogen) atoms. The molecule has 238 valence electrons. The Morgan fingerprint density at radius 3 is 2.20 bits per heavy atom. The van der Waals surface area contributed by atoms with Crippen LogP contribution in [0.5, 0.6) is 5.75 Å². The predicted molar refractivity (Wildman–Crippen MR) is 154 cm³/mol. The monoisotopic (exact) mass is 654 g/mol. The highest BCUT2D eigenvalue weighted by Crippen LogP contribution is 2.54. The summed E-state index contributed by atoms with van der Waals surface area (Å²) < 4.78 is 116. The second-order valence-corrected chi connectivity index (χ2v) is 12.8. The quantitative estimate of drug-likeness (QED) is 0.211. The number of alkyl halides is 6. The van der Waals surface area contributed by atoms with Crippen LogP contribution in [0.4, 0.5) is 35.1 Å². The van der Waals surface area contributed by atoms with Gasteiger partial charge in [-0.05, 0) is 55.7 Å². The molecule has 2 unspecified atom stereocenters. The molecule has 2 N–H and O–H groups in total. The Balaban J connectivity index is 1.84. The lowest BCUT2D eigenvalue weighted by molar-refractivity contribution is -0.275. The van der Waals surface area contributed by atoms with Gasteiger partial charge in [-0.3, -0.25) is 9.36 Å². The van der Waals surface area contributed by atoms with E-state index in [9.17, 15) is 31.1 Å². The maximum atomic E-state index is 15.7. The fourth-order valence-corrected chi connectivity index (χ4v) is 7.39. The maximum absolute atomic E-state index is 15.7. The van der Waals surface area contributed by atoms with Crippen molar-refractivity contribution in [2.24, 2.45) is 5.73 Å². The first-order chi connectivity index (χ1) is 20.9. The first-order valence-electron chi connectivity index (χ1n) is 13.6. The third-order valence-corrected chi connectivity index (χ3v) is 9.25. The smallest absolute Gasteiger partial charge is 0.403 e. The lowest BCUT2D eigenvalue weighted by Crippen LogP contribution is -2.39. The van der Waals surface area contributed by atoms with E-state index in [4.69, 9.17) is 5.73 Å². The largest absolute Gasteiger partial charge is 0.573 e. The van der Waals surface area contributed by atoms with E-state index in [-0.39, 0.29) is 16.2 Å². The second-order valence-electron chi connectivity index (χ2n) is 11.2. The molecule has 2 heterocycles. The molecule has 0 fully saturated rings. The molecule has 0 saturated heterocycles. The summed E-state index contributed by atoms with van der Waals surface area (Å²) in [6.07, 6.45) is -10.8. The summed E-state index contributed by atoms with van der Waals surface area (Å²) >= 11 is 1.15. The number of nitrogens with zero attached hydrogens (tertiary/aromatic N) is 1. The van der Waals surface area contributed by atoms with E-state index in [0.29, 0.717) is 5.56 Å². The van der Waals surface area contributed by atoms with Gasteiger partial charge in [-0.2, -0.15) is 13.2 Å². The number of halogens is 8. The van der Waals surface area contributed by atoms with Crippen molar-refractivity contribution in [3.63, 3.8) is 0 Å². The van der Waals surface area contributed by atoms with E-state index in [1.54, 1.807) is 44.2 Å². The van der Waals surface area contributed by atoms with Crippen molar-refractivity contribution < 1.29 is 39.9 Å². The van der Waals surface area contributed by atoms with Crippen LogP contribution in [0.2, 0.25) is 0 Å². The molecule has 0 saturated carbocycles. The molecule has 0 bridgehead atoms. The molecule has 1 aromatic heterocycles. The molecule has 4 nitrogen and oxygen atoms in total. The van der Waals surface area contributed by atoms with E-state index in [1.165, 1.54) is 11.5 Å². The summed E-state index contributed by atoms with van der Waals surface area (Å²) in [4.78, 5) is 14.4. The average Bonchev–Trinajstić information content (AvgIpc) is 3.23.